The Morgan fingerprint density at radius 3 is 2.58 bits per heavy atom. The van der Waals surface area contributed by atoms with Crippen LogP contribution >= 0.6 is 24.0 Å². The van der Waals surface area contributed by atoms with Crippen LogP contribution in [0.4, 0.5) is 0 Å². The van der Waals surface area contributed by atoms with Gasteiger partial charge in [0.2, 0.25) is 0 Å². The maximum Gasteiger partial charge on any atom is 0.191 e. The molecule has 3 N–H and O–H groups in total. The molecule has 0 aliphatic carbocycles. The van der Waals surface area contributed by atoms with Crippen molar-refractivity contribution in [3.05, 3.63) is 59.9 Å². The Bertz CT molecular complexity index is 650. The number of methoxy groups -OCH3 is 1. The zero-order valence-corrected chi connectivity index (χ0v) is 17.5. The molecule has 142 valence electrons. The summed E-state index contributed by atoms with van der Waals surface area (Å²) in [6.45, 7) is 3.77. The fourth-order valence-electron chi connectivity index (χ4n) is 2.31. The number of aliphatic hydroxyl groups is 1. The van der Waals surface area contributed by atoms with E-state index >= 15 is 0 Å². The first-order valence-corrected chi connectivity index (χ1v) is 8.47. The van der Waals surface area contributed by atoms with Gasteiger partial charge in [-0.3, -0.25) is 9.98 Å². The minimum atomic E-state index is -0.655. The second-order valence-electron chi connectivity index (χ2n) is 5.51. The summed E-state index contributed by atoms with van der Waals surface area (Å²) in [7, 11) is 1.62. The topological polar surface area (TPSA) is 78.8 Å². The number of hydrogen-bond donors (Lipinski definition) is 3. The van der Waals surface area contributed by atoms with Crippen LogP contribution in [0.15, 0.2) is 53.7 Å². The van der Waals surface area contributed by atoms with Gasteiger partial charge in [-0.25, -0.2) is 0 Å². The molecule has 1 aromatic heterocycles. The summed E-state index contributed by atoms with van der Waals surface area (Å²) < 4.78 is 5.13. The Labute approximate surface area is 172 Å². The second-order valence-corrected chi connectivity index (χ2v) is 5.51. The van der Waals surface area contributed by atoms with Gasteiger partial charge in [0.25, 0.3) is 0 Å². The number of benzene rings is 1. The number of aliphatic imine (C=N–C) groups is 1. The molecule has 0 saturated heterocycles. The molecule has 0 aliphatic heterocycles. The average molecular weight is 470 g/mol. The normalized spacial score (nSPS) is 12.0. The third-order valence-electron chi connectivity index (χ3n) is 3.67. The molecule has 0 aliphatic rings. The van der Waals surface area contributed by atoms with Gasteiger partial charge in [-0.1, -0.05) is 18.2 Å². The van der Waals surface area contributed by atoms with Crippen molar-refractivity contribution in [2.24, 2.45) is 4.99 Å². The predicted octanol–water partition coefficient (Wildman–Crippen LogP) is 2.54. The molecule has 26 heavy (non-hydrogen) atoms. The summed E-state index contributed by atoms with van der Waals surface area (Å²) in [4.78, 5) is 8.76. The Morgan fingerprint density at radius 1 is 1.19 bits per heavy atom. The highest BCUT2D eigenvalue weighted by Crippen LogP contribution is 2.17. The zero-order chi connectivity index (χ0) is 17.9. The molecule has 0 amide bonds. The van der Waals surface area contributed by atoms with E-state index in [9.17, 15) is 5.11 Å². The van der Waals surface area contributed by atoms with Gasteiger partial charge in [0.15, 0.2) is 5.96 Å². The maximum absolute atomic E-state index is 10.3. The van der Waals surface area contributed by atoms with E-state index in [1.807, 2.05) is 49.4 Å². The van der Waals surface area contributed by atoms with Crippen molar-refractivity contribution >= 4 is 29.9 Å². The van der Waals surface area contributed by atoms with E-state index in [2.05, 4.69) is 20.6 Å². The number of guanidine groups is 1. The summed E-state index contributed by atoms with van der Waals surface area (Å²) in [5.41, 5.74) is 1.85. The summed E-state index contributed by atoms with van der Waals surface area (Å²) in [5, 5.41) is 16.7. The minimum Gasteiger partial charge on any atom is -0.497 e. The minimum absolute atomic E-state index is 0. The zero-order valence-electron chi connectivity index (χ0n) is 15.2. The first-order valence-electron chi connectivity index (χ1n) is 8.47. The first-order chi connectivity index (χ1) is 12.2. The van der Waals surface area contributed by atoms with Gasteiger partial charge >= 0.3 is 0 Å². The molecular weight excluding hydrogens is 443 g/mol. The van der Waals surface area contributed by atoms with Gasteiger partial charge < -0.3 is 20.5 Å². The van der Waals surface area contributed by atoms with Crippen molar-refractivity contribution < 1.29 is 9.84 Å². The molecule has 6 nitrogen and oxygen atoms in total. The number of ether oxygens (including phenoxy) is 1. The highest BCUT2D eigenvalue weighted by molar-refractivity contribution is 14.0. The van der Waals surface area contributed by atoms with Crippen LogP contribution < -0.4 is 15.4 Å². The third kappa shape index (κ3) is 7.57. The van der Waals surface area contributed by atoms with Crippen molar-refractivity contribution in [2.75, 3.05) is 26.7 Å². The molecular formula is C19H27IN4O2. The molecule has 1 heterocycles. The number of pyridine rings is 1. The lowest BCUT2D eigenvalue weighted by molar-refractivity contribution is 0.187. The summed E-state index contributed by atoms with van der Waals surface area (Å²) in [5.74, 6) is 1.45. The van der Waals surface area contributed by atoms with Crippen LogP contribution in [0.3, 0.4) is 0 Å². The summed E-state index contributed by atoms with van der Waals surface area (Å²) in [6, 6.07) is 13.2. The smallest absolute Gasteiger partial charge is 0.191 e. The number of aliphatic hydroxyl groups excluding tert-OH is 1. The van der Waals surface area contributed by atoms with Gasteiger partial charge in [0, 0.05) is 31.4 Å². The first kappa shape index (κ1) is 22.2. The van der Waals surface area contributed by atoms with Crippen LogP contribution in [0.25, 0.3) is 0 Å². The molecule has 0 spiro atoms. The molecule has 0 bridgehead atoms. The SMILES string of the molecule is CCNC(=NCC(O)c1ccc(OC)cc1)NCCc1ccccn1.I. The molecule has 1 aromatic carbocycles. The van der Waals surface area contributed by atoms with Crippen LogP contribution in [0.2, 0.25) is 0 Å². The Kier molecular flexibility index (Phi) is 10.6. The standard InChI is InChI=1S/C19H26N4O2.HI/c1-3-20-19(22-13-11-16-6-4-5-12-21-16)23-14-18(24)15-7-9-17(25-2)10-8-15;/h4-10,12,18,24H,3,11,13-14H2,1-2H3,(H2,20,22,23);1H. The van der Waals surface area contributed by atoms with Crippen molar-refractivity contribution in [2.45, 2.75) is 19.4 Å². The Morgan fingerprint density at radius 2 is 1.96 bits per heavy atom. The quantitative estimate of drug-likeness (QED) is 0.314. The van der Waals surface area contributed by atoms with Gasteiger partial charge in [-0.2, -0.15) is 0 Å². The van der Waals surface area contributed by atoms with Crippen molar-refractivity contribution in [1.29, 1.82) is 0 Å². The van der Waals surface area contributed by atoms with E-state index in [1.165, 1.54) is 0 Å². The van der Waals surface area contributed by atoms with Crippen LogP contribution in [0, 0.1) is 0 Å². The number of nitrogens with one attached hydrogen (secondary N) is 2. The predicted molar refractivity (Wildman–Crippen MR) is 115 cm³/mol. The molecule has 7 heteroatoms. The molecule has 0 radical (unpaired) electrons. The van der Waals surface area contributed by atoms with Gasteiger partial charge in [0.05, 0.1) is 19.8 Å². The highest BCUT2D eigenvalue weighted by atomic mass is 127. The second kappa shape index (κ2) is 12.5. The van der Waals surface area contributed by atoms with Gasteiger partial charge in [-0.15, -0.1) is 24.0 Å². The van der Waals surface area contributed by atoms with Crippen molar-refractivity contribution in [3.8, 4) is 5.75 Å². The average Bonchev–Trinajstić information content (AvgIpc) is 2.66. The van der Waals surface area contributed by atoms with Crippen molar-refractivity contribution in [1.82, 2.24) is 15.6 Å². The van der Waals surface area contributed by atoms with Gasteiger partial charge in [-0.05, 0) is 36.8 Å². The fourth-order valence-corrected chi connectivity index (χ4v) is 2.31. The maximum atomic E-state index is 10.3. The van der Waals surface area contributed by atoms with Crippen molar-refractivity contribution in [3.63, 3.8) is 0 Å². The van der Waals surface area contributed by atoms with E-state index in [0.29, 0.717) is 5.96 Å². The largest absolute Gasteiger partial charge is 0.497 e. The molecule has 2 rings (SSSR count). The lowest BCUT2D eigenvalue weighted by atomic mass is 10.1. The van der Waals surface area contributed by atoms with E-state index in [4.69, 9.17) is 4.74 Å². The molecule has 1 atom stereocenters. The number of hydrogen-bond acceptors (Lipinski definition) is 4. The Hall–Kier alpha value is -1.87. The van der Waals surface area contributed by atoms with E-state index < -0.39 is 6.10 Å². The molecule has 0 saturated carbocycles. The van der Waals surface area contributed by atoms with Crippen LogP contribution in [0.5, 0.6) is 5.75 Å². The van der Waals surface area contributed by atoms with E-state index in [0.717, 1.165) is 36.5 Å². The van der Waals surface area contributed by atoms with E-state index in [1.54, 1.807) is 13.3 Å². The highest BCUT2D eigenvalue weighted by Gasteiger charge is 2.08. The van der Waals surface area contributed by atoms with Crippen LogP contribution in [0.1, 0.15) is 24.3 Å². The summed E-state index contributed by atoms with van der Waals surface area (Å²) in [6.07, 6.45) is 1.95. The van der Waals surface area contributed by atoms with Gasteiger partial charge in [0.1, 0.15) is 5.75 Å². The lowest BCUT2D eigenvalue weighted by Crippen LogP contribution is -2.38. The lowest BCUT2D eigenvalue weighted by Gasteiger charge is -2.13. The van der Waals surface area contributed by atoms with E-state index in [-0.39, 0.29) is 30.5 Å². The third-order valence-corrected chi connectivity index (χ3v) is 3.67. The number of aromatic nitrogens is 1. The molecule has 1 unspecified atom stereocenters. The Balaban J connectivity index is 0.00000338. The van der Waals surface area contributed by atoms with Crippen LogP contribution in [-0.4, -0.2) is 42.8 Å². The number of rotatable bonds is 8. The summed E-state index contributed by atoms with van der Waals surface area (Å²) >= 11 is 0. The molecule has 2 aromatic rings. The monoisotopic (exact) mass is 470 g/mol. The number of nitrogens with zero attached hydrogens (tertiary/aromatic N) is 2. The van der Waals surface area contributed by atoms with Crippen LogP contribution in [-0.2, 0) is 6.42 Å². The number of halogens is 1. The molecule has 0 fully saturated rings. The fraction of sp³-hybridized carbons (Fsp3) is 0.368.